The molecule has 0 radical (unpaired) electrons. The number of aromatic nitrogens is 4. The van der Waals surface area contributed by atoms with Crippen molar-refractivity contribution in [3.8, 4) is 0 Å². The van der Waals surface area contributed by atoms with Crippen LogP contribution in [0.25, 0.3) is 11.2 Å². The number of hydrogen-bond donors (Lipinski definition) is 5. The van der Waals surface area contributed by atoms with Crippen molar-refractivity contribution in [3.05, 3.63) is 12.7 Å². The molecule has 3 rings (SSSR count). The van der Waals surface area contributed by atoms with Gasteiger partial charge in [0.1, 0.15) is 30.2 Å². The SMILES string of the molecule is Nc1ncnc2c1ncn2[C@@H]1O[C@H](COP(=O)(O)OP(=O)([O-])O)[C@@H](O)[C@H]1O.O.O.[Na+]. The second-order valence-corrected chi connectivity index (χ2v) is 8.23. The molecule has 0 bridgehead atoms. The first-order valence-electron chi connectivity index (χ1n) is 7.15. The Morgan fingerprint density at radius 2 is 1.83 bits per heavy atom. The molecule has 1 aliphatic heterocycles. The quantitative estimate of drug-likeness (QED) is 0.188. The van der Waals surface area contributed by atoms with Crippen LogP contribution in [0.1, 0.15) is 6.23 Å². The Kier molecular flexibility index (Phi) is 10.6. The van der Waals surface area contributed by atoms with E-state index in [0.29, 0.717) is 0 Å². The molecule has 0 aromatic carbocycles. The average Bonchev–Trinajstić information content (AvgIpc) is 3.07. The van der Waals surface area contributed by atoms with Crippen molar-refractivity contribution in [2.24, 2.45) is 0 Å². The smallest absolute Gasteiger partial charge is 0.756 e. The summed E-state index contributed by atoms with van der Waals surface area (Å²) in [6.45, 7) is -0.841. The number of nitrogens with zero attached hydrogens (tertiary/aromatic N) is 4. The van der Waals surface area contributed by atoms with Crippen LogP contribution in [0.15, 0.2) is 12.7 Å². The van der Waals surface area contributed by atoms with Gasteiger partial charge in [0.2, 0.25) is 0 Å². The van der Waals surface area contributed by atoms with E-state index >= 15 is 0 Å². The third-order valence-electron chi connectivity index (χ3n) is 3.61. The van der Waals surface area contributed by atoms with E-state index in [1.54, 1.807) is 0 Å². The molecule has 1 saturated heterocycles. The first-order valence-corrected chi connectivity index (χ1v) is 10.1. The second kappa shape index (κ2) is 10.8. The summed E-state index contributed by atoms with van der Waals surface area (Å²) in [5, 5.41) is 20.3. The van der Waals surface area contributed by atoms with Crippen LogP contribution in [0, 0.1) is 0 Å². The van der Waals surface area contributed by atoms with Crippen molar-refractivity contribution in [1.29, 1.82) is 0 Å². The van der Waals surface area contributed by atoms with Crippen molar-refractivity contribution < 1.29 is 88.1 Å². The Morgan fingerprint density at radius 3 is 2.43 bits per heavy atom. The summed E-state index contributed by atoms with van der Waals surface area (Å²) in [5.41, 5.74) is 6.09. The van der Waals surface area contributed by atoms with Crippen molar-refractivity contribution >= 4 is 32.6 Å². The third kappa shape index (κ3) is 6.46. The molecular formula is C10H18N5NaO12P2. The molecule has 2 aromatic heterocycles. The molecule has 1 fully saturated rings. The molecule has 2 aromatic rings. The van der Waals surface area contributed by atoms with Crippen LogP contribution < -0.4 is 40.2 Å². The molecule has 0 saturated carbocycles. The van der Waals surface area contributed by atoms with Gasteiger partial charge in [-0.05, 0) is 0 Å². The van der Waals surface area contributed by atoms with Gasteiger partial charge < -0.3 is 46.3 Å². The first kappa shape index (κ1) is 29.4. The van der Waals surface area contributed by atoms with Crippen LogP contribution in [-0.4, -0.2) is 75.4 Å². The van der Waals surface area contributed by atoms with Gasteiger partial charge in [0, 0.05) is 0 Å². The fourth-order valence-corrected chi connectivity index (χ4v) is 4.04. The normalized spacial score (nSPS) is 27.2. The minimum absolute atomic E-state index is 0. The Bertz CT molecular complexity index is 941. The number of aliphatic hydroxyl groups excluding tert-OH is 2. The van der Waals surface area contributed by atoms with E-state index in [1.165, 1.54) is 10.9 Å². The number of fused-ring (bicyclic) bond motifs is 1. The zero-order valence-electron chi connectivity index (χ0n) is 15.2. The number of aliphatic hydroxyl groups is 2. The first-order chi connectivity index (χ1) is 12.5. The van der Waals surface area contributed by atoms with Gasteiger partial charge in [0.05, 0.1) is 12.9 Å². The molecule has 20 heteroatoms. The number of rotatable bonds is 6. The predicted molar refractivity (Wildman–Crippen MR) is 89.6 cm³/mol. The summed E-state index contributed by atoms with van der Waals surface area (Å²) in [7, 11) is -10.7. The maximum Gasteiger partial charge on any atom is 1.00 e. The molecule has 3 heterocycles. The molecule has 2 unspecified atom stereocenters. The van der Waals surface area contributed by atoms with Gasteiger partial charge in [-0.15, -0.1) is 0 Å². The number of anilines is 1. The van der Waals surface area contributed by atoms with Gasteiger partial charge >= 0.3 is 37.4 Å². The van der Waals surface area contributed by atoms with Crippen molar-refractivity contribution in [1.82, 2.24) is 19.5 Å². The minimum atomic E-state index is -5.54. The van der Waals surface area contributed by atoms with Crippen LogP contribution in [0.2, 0.25) is 0 Å². The van der Waals surface area contributed by atoms with Gasteiger partial charge in [-0.25, -0.2) is 23.8 Å². The second-order valence-electron chi connectivity index (χ2n) is 5.44. The van der Waals surface area contributed by atoms with Gasteiger partial charge in [0.15, 0.2) is 17.7 Å². The van der Waals surface area contributed by atoms with Crippen molar-refractivity contribution in [2.75, 3.05) is 12.3 Å². The molecule has 0 spiro atoms. The Labute approximate surface area is 189 Å². The van der Waals surface area contributed by atoms with E-state index in [9.17, 15) is 29.1 Å². The molecular weight excluding hydrogens is 467 g/mol. The number of nitrogens with two attached hydrogens (primary N) is 1. The van der Waals surface area contributed by atoms with Gasteiger partial charge in [-0.3, -0.25) is 13.7 Å². The van der Waals surface area contributed by atoms with E-state index in [1.807, 2.05) is 0 Å². The Balaban J connectivity index is 0.00000280. The maximum absolute atomic E-state index is 11.4. The summed E-state index contributed by atoms with van der Waals surface area (Å²) < 4.78 is 36.5. The molecule has 1 aliphatic rings. The number of hydrogen-bond acceptors (Lipinski definition) is 12. The number of phosphoric acid groups is 2. The van der Waals surface area contributed by atoms with E-state index in [-0.39, 0.29) is 57.5 Å². The molecule has 17 nitrogen and oxygen atoms in total. The van der Waals surface area contributed by atoms with Crippen LogP contribution in [0.5, 0.6) is 0 Å². The van der Waals surface area contributed by atoms with E-state index in [0.717, 1.165) is 6.33 Å². The number of phosphoric ester groups is 1. The maximum atomic E-state index is 11.4. The zero-order valence-corrected chi connectivity index (χ0v) is 19.0. The molecule has 30 heavy (non-hydrogen) atoms. The largest absolute Gasteiger partial charge is 1.00 e. The molecule has 0 amide bonds. The monoisotopic (exact) mass is 485 g/mol. The van der Waals surface area contributed by atoms with Crippen LogP contribution in [0.4, 0.5) is 5.82 Å². The van der Waals surface area contributed by atoms with Crippen LogP contribution in [0.3, 0.4) is 0 Å². The summed E-state index contributed by atoms with van der Waals surface area (Å²) in [4.78, 5) is 39.9. The summed E-state index contributed by atoms with van der Waals surface area (Å²) in [6, 6.07) is 0. The predicted octanol–water partition coefficient (Wildman–Crippen LogP) is -7.02. The minimum Gasteiger partial charge on any atom is -0.756 e. The molecule has 10 N–H and O–H groups in total. The molecule has 166 valence electrons. The van der Waals surface area contributed by atoms with E-state index < -0.39 is 46.8 Å². The summed E-state index contributed by atoms with van der Waals surface area (Å²) in [5.74, 6) is 0.0797. The Morgan fingerprint density at radius 1 is 1.20 bits per heavy atom. The van der Waals surface area contributed by atoms with Gasteiger partial charge in [-0.1, -0.05) is 0 Å². The zero-order chi connectivity index (χ0) is 20.0. The number of nitrogen functional groups attached to an aromatic ring is 1. The number of imidazole rings is 1. The van der Waals surface area contributed by atoms with Gasteiger partial charge in [0.25, 0.3) is 7.82 Å². The van der Waals surface area contributed by atoms with Crippen molar-refractivity contribution in [3.63, 3.8) is 0 Å². The Hall–Kier alpha value is -0.590. The summed E-state index contributed by atoms with van der Waals surface area (Å²) >= 11 is 0. The fraction of sp³-hybridized carbons (Fsp3) is 0.500. The summed E-state index contributed by atoms with van der Waals surface area (Å²) in [6.07, 6.45) is -3.27. The average molecular weight is 485 g/mol. The van der Waals surface area contributed by atoms with Crippen LogP contribution in [-0.2, 0) is 22.7 Å². The number of ether oxygens (including phenoxy) is 1. The standard InChI is InChI=1S/C10H15N5O10P2.Na.2H2O/c11-8-5-9(13-2-12-8)15(3-14-5)10-7(17)6(16)4(24-10)1-23-27(21,22)25-26(18,19)20;;;/h2-4,6-7,10,16-17H,1H2,(H,21,22)(H2,11,12,13)(H2,18,19,20);;2*1H2/q;+1;;/p-1/t4-,6-,7-,10-;;;/m1.../s1. The third-order valence-corrected chi connectivity index (χ3v) is 5.73. The fourth-order valence-electron chi connectivity index (χ4n) is 2.47. The van der Waals surface area contributed by atoms with E-state index in [2.05, 4.69) is 23.8 Å². The molecule has 6 atom stereocenters. The van der Waals surface area contributed by atoms with Crippen molar-refractivity contribution in [2.45, 2.75) is 24.5 Å². The topological polar surface area (TPSA) is 298 Å². The van der Waals surface area contributed by atoms with Gasteiger partial charge in [-0.2, -0.15) is 0 Å². The molecule has 0 aliphatic carbocycles. The van der Waals surface area contributed by atoms with E-state index in [4.69, 9.17) is 15.4 Å². The van der Waals surface area contributed by atoms with Crippen LogP contribution >= 0.6 is 15.6 Å².